The maximum absolute atomic E-state index is 13.4. The quantitative estimate of drug-likeness (QED) is 0.539. The van der Waals surface area contributed by atoms with Crippen LogP contribution in [-0.2, 0) is 18.5 Å². The van der Waals surface area contributed by atoms with Crippen LogP contribution in [0.4, 0.5) is 0 Å². The maximum Gasteiger partial charge on any atom is 0.262 e. The second-order valence-electron chi connectivity index (χ2n) is 9.55. The fourth-order valence-electron chi connectivity index (χ4n) is 4.17. The molecule has 4 rings (SSSR count). The minimum Gasteiger partial charge on any atom is -0.492 e. The number of ether oxygens (including phenoxy) is 1. The van der Waals surface area contributed by atoms with Crippen LogP contribution in [0.3, 0.4) is 0 Å². The van der Waals surface area contributed by atoms with Gasteiger partial charge in [0.2, 0.25) is 0 Å². The fraction of sp³-hybridized carbons (Fsp3) is 0.520. The number of likely N-dealkylation sites (tertiary alicyclic amines) is 1. The van der Waals surface area contributed by atoms with Crippen molar-refractivity contribution in [2.24, 2.45) is 0 Å². The summed E-state index contributed by atoms with van der Waals surface area (Å²) in [6.07, 6.45) is 2.44. The third-order valence-corrected chi connectivity index (χ3v) is 7.34. The molecule has 0 aliphatic carbocycles. The monoisotopic (exact) mass is 439 g/mol. The Morgan fingerprint density at radius 2 is 1.77 bits per heavy atom. The summed E-state index contributed by atoms with van der Waals surface area (Å²) in [4.78, 5) is 22.8. The van der Waals surface area contributed by atoms with E-state index in [9.17, 15) is 4.79 Å². The van der Waals surface area contributed by atoms with Gasteiger partial charge in [-0.05, 0) is 68.5 Å². The number of aryl methyl sites for hydroxylation is 2. The molecular formula is C25H33N3O2S. The summed E-state index contributed by atoms with van der Waals surface area (Å²) in [5, 5.41) is 0.766. The molecule has 1 aromatic carbocycles. The highest BCUT2D eigenvalue weighted by atomic mass is 32.1. The zero-order chi connectivity index (χ0) is 22.2. The minimum atomic E-state index is 0.0627. The summed E-state index contributed by atoms with van der Waals surface area (Å²) in [5.74, 6) is 1.69. The van der Waals surface area contributed by atoms with E-state index >= 15 is 0 Å². The highest BCUT2D eigenvalue weighted by Gasteiger charge is 2.20. The average molecular weight is 440 g/mol. The molecule has 0 N–H and O–H groups in total. The highest BCUT2D eigenvalue weighted by Crippen LogP contribution is 2.27. The molecule has 31 heavy (non-hydrogen) atoms. The number of fused-ring (bicyclic) bond motifs is 1. The van der Waals surface area contributed by atoms with Crippen molar-refractivity contribution in [3.8, 4) is 5.75 Å². The van der Waals surface area contributed by atoms with Gasteiger partial charge in [-0.3, -0.25) is 14.3 Å². The lowest BCUT2D eigenvalue weighted by atomic mass is 9.87. The van der Waals surface area contributed by atoms with Gasteiger partial charge >= 0.3 is 0 Å². The smallest absolute Gasteiger partial charge is 0.262 e. The van der Waals surface area contributed by atoms with Gasteiger partial charge in [0.25, 0.3) is 5.56 Å². The SMILES string of the molecule is Cc1sc2nc(CN3CCCC3)n(CCOc3ccc(C(C)(C)C)cc3)c(=O)c2c1C. The number of nitrogens with zero attached hydrogens (tertiary/aromatic N) is 3. The molecule has 0 spiro atoms. The van der Waals surface area contributed by atoms with E-state index in [-0.39, 0.29) is 11.0 Å². The number of hydrogen-bond acceptors (Lipinski definition) is 5. The van der Waals surface area contributed by atoms with E-state index in [1.807, 2.05) is 23.6 Å². The molecule has 6 heteroatoms. The number of hydrogen-bond donors (Lipinski definition) is 0. The van der Waals surface area contributed by atoms with E-state index in [0.29, 0.717) is 13.2 Å². The van der Waals surface area contributed by atoms with Gasteiger partial charge in [0.05, 0.1) is 18.5 Å². The van der Waals surface area contributed by atoms with Crippen LogP contribution in [0.25, 0.3) is 10.2 Å². The normalized spacial score (nSPS) is 15.1. The summed E-state index contributed by atoms with van der Waals surface area (Å²) in [6, 6.07) is 8.27. The third-order valence-electron chi connectivity index (χ3n) is 6.24. The molecule has 1 fully saturated rings. The standard InChI is InChI=1S/C25H33N3O2S/c1-17-18(2)31-23-22(17)24(29)28(21(26-23)16-27-12-6-7-13-27)14-15-30-20-10-8-19(9-11-20)25(3,4)5/h8-11H,6-7,12-16H2,1-5H3. The first-order chi connectivity index (χ1) is 14.7. The van der Waals surface area contributed by atoms with Gasteiger partial charge in [-0.1, -0.05) is 32.9 Å². The lowest BCUT2D eigenvalue weighted by molar-refractivity contribution is 0.279. The van der Waals surface area contributed by atoms with E-state index < -0.39 is 0 Å². The second-order valence-corrected chi connectivity index (χ2v) is 10.8. The van der Waals surface area contributed by atoms with E-state index in [4.69, 9.17) is 9.72 Å². The van der Waals surface area contributed by atoms with Gasteiger partial charge in [-0.25, -0.2) is 4.98 Å². The molecule has 0 unspecified atom stereocenters. The predicted octanol–water partition coefficient (Wildman–Crippen LogP) is 5.05. The number of thiophene rings is 1. The molecule has 0 radical (unpaired) electrons. The highest BCUT2D eigenvalue weighted by molar-refractivity contribution is 7.18. The van der Waals surface area contributed by atoms with E-state index in [1.165, 1.54) is 23.3 Å². The molecule has 3 heterocycles. The minimum absolute atomic E-state index is 0.0627. The van der Waals surface area contributed by atoms with Crippen molar-refractivity contribution in [1.82, 2.24) is 14.5 Å². The topological polar surface area (TPSA) is 47.4 Å². The Morgan fingerprint density at radius 1 is 1.10 bits per heavy atom. The van der Waals surface area contributed by atoms with Crippen LogP contribution in [0.5, 0.6) is 5.75 Å². The van der Waals surface area contributed by atoms with Crippen molar-refractivity contribution in [2.75, 3.05) is 19.7 Å². The summed E-state index contributed by atoms with van der Waals surface area (Å²) in [5.41, 5.74) is 2.51. The van der Waals surface area contributed by atoms with Crippen molar-refractivity contribution in [1.29, 1.82) is 0 Å². The van der Waals surface area contributed by atoms with Crippen LogP contribution < -0.4 is 10.3 Å². The zero-order valence-corrected chi connectivity index (χ0v) is 20.1. The summed E-state index contributed by atoms with van der Waals surface area (Å²) < 4.78 is 7.84. The van der Waals surface area contributed by atoms with Crippen LogP contribution in [0.1, 0.15) is 55.4 Å². The van der Waals surface area contributed by atoms with Crippen molar-refractivity contribution < 1.29 is 4.74 Å². The molecule has 3 aromatic rings. The van der Waals surface area contributed by atoms with Gasteiger partial charge < -0.3 is 4.74 Å². The molecule has 0 bridgehead atoms. The van der Waals surface area contributed by atoms with Crippen LogP contribution in [-0.4, -0.2) is 34.1 Å². The molecular weight excluding hydrogens is 406 g/mol. The van der Waals surface area contributed by atoms with Gasteiger partial charge in [0, 0.05) is 4.88 Å². The van der Waals surface area contributed by atoms with Crippen molar-refractivity contribution in [3.63, 3.8) is 0 Å². The first-order valence-electron chi connectivity index (χ1n) is 11.2. The summed E-state index contributed by atoms with van der Waals surface area (Å²) in [7, 11) is 0. The molecule has 0 amide bonds. The van der Waals surface area contributed by atoms with Crippen LogP contribution in [0.15, 0.2) is 29.1 Å². The lowest BCUT2D eigenvalue weighted by Crippen LogP contribution is -2.31. The Kier molecular flexibility index (Phi) is 6.22. The van der Waals surface area contributed by atoms with Crippen LogP contribution >= 0.6 is 11.3 Å². The van der Waals surface area contributed by atoms with E-state index in [0.717, 1.165) is 47.0 Å². The predicted molar refractivity (Wildman–Crippen MR) is 129 cm³/mol. The largest absolute Gasteiger partial charge is 0.492 e. The molecule has 2 aromatic heterocycles. The van der Waals surface area contributed by atoms with Gasteiger partial charge in [-0.15, -0.1) is 11.3 Å². The first kappa shape index (κ1) is 22.0. The first-order valence-corrected chi connectivity index (χ1v) is 12.0. The molecule has 1 aliphatic rings. The molecule has 1 saturated heterocycles. The second kappa shape index (κ2) is 8.75. The maximum atomic E-state index is 13.4. The number of rotatable bonds is 6. The van der Waals surface area contributed by atoms with Crippen molar-refractivity contribution in [3.05, 3.63) is 56.4 Å². The number of benzene rings is 1. The van der Waals surface area contributed by atoms with Gasteiger partial charge in [-0.2, -0.15) is 0 Å². The number of aromatic nitrogens is 2. The average Bonchev–Trinajstić information content (AvgIpc) is 3.32. The summed E-state index contributed by atoms with van der Waals surface area (Å²) in [6.45, 7) is 14.5. The molecule has 0 atom stereocenters. The molecule has 0 saturated carbocycles. The fourth-order valence-corrected chi connectivity index (χ4v) is 5.21. The van der Waals surface area contributed by atoms with Gasteiger partial charge in [0.15, 0.2) is 0 Å². The Morgan fingerprint density at radius 3 is 2.42 bits per heavy atom. The van der Waals surface area contributed by atoms with Crippen LogP contribution in [0, 0.1) is 13.8 Å². The third kappa shape index (κ3) is 4.70. The Labute approximate surface area is 188 Å². The van der Waals surface area contributed by atoms with Crippen molar-refractivity contribution >= 4 is 21.6 Å². The zero-order valence-electron chi connectivity index (χ0n) is 19.3. The van der Waals surface area contributed by atoms with Crippen LogP contribution in [0.2, 0.25) is 0 Å². The molecule has 166 valence electrons. The van der Waals surface area contributed by atoms with E-state index in [1.54, 1.807) is 11.3 Å². The van der Waals surface area contributed by atoms with Crippen molar-refractivity contribution in [2.45, 2.75) is 66.0 Å². The van der Waals surface area contributed by atoms with Gasteiger partial charge in [0.1, 0.15) is 23.0 Å². The summed E-state index contributed by atoms with van der Waals surface area (Å²) >= 11 is 1.62. The molecule has 1 aliphatic heterocycles. The lowest BCUT2D eigenvalue weighted by Gasteiger charge is -2.20. The molecule has 5 nitrogen and oxygen atoms in total. The Bertz CT molecular complexity index is 1120. The Hall–Kier alpha value is -2.18. The van der Waals surface area contributed by atoms with E-state index in [2.05, 4.69) is 44.7 Å². The Balaban J connectivity index is 1.57.